The monoisotopic (exact) mass is 224 g/mol. The Hall–Kier alpha value is -0.546. The van der Waals surface area contributed by atoms with Crippen LogP contribution in [0.25, 0.3) is 0 Å². The lowest BCUT2D eigenvalue weighted by molar-refractivity contribution is 0.578. The van der Waals surface area contributed by atoms with E-state index in [1.54, 1.807) is 0 Å². The maximum Gasteiger partial charge on any atom is 0.229 e. The lowest BCUT2D eigenvalue weighted by Gasteiger charge is -2.21. The summed E-state index contributed by atoms with van der Waals surface area (Å²) in [6.45, 7) is 9.52. The summed E-state index contributed by atoms with van der Waals surface area (Å²) in [4.78, 5) is 0. The van der Waals surface area contributed by atoms with E-state index >= 15 is 0 Å². The van der Waals surface area contributed by atoms with Gasteiger partial charge >= 0.3 is 0 Å². The molecule has 0 heterocycles. The maximum absolute atomic E-state index is 5.96. The molecule has 3 heteroatoms. The summed E-state index contributed by atoms with van der Waals surface area (Å²) in [5.74, 6) is 1.05. The number of hydrogen-bond acceptors (Lipinski definition) is 1. The van der Waals surface area contributed by atoms with E-state index in [1.165, 1.54) is 5.67 Å². The van der Waals surface area contributed by atoms with Gasteiger partial charge in [-0.15, -0.1) is 0 Å². The van der Waals surface area contributed by atoms with Crippen molar-refractivity contribution in [2.24, 2.45) is 0 Å². The van der Waals surface area contributed by atoms with Gasteiger partial charge in [0, 0.05) is 8.07 Å². The molecule has 0 saturated heterocycles. The van der Waals surface area contributed by atoms with E-state index < -0.39 is 17.1 Å². The lowest BCUT2D eigenvalue weighted by Crippen LogP contribution is -2.31. The molecule has 0 aliphatic heterocycles. The van der Waals surface area contributed by atoms with Crippen LogP contribution in [-0.4, -0.2) is 17.1 Å². The molecule has 78 valence electrons. The zero-order chi connectivity index (χ0) is 10.6. The first-order chi connectivity index (χ1) is 6.47. The fourth-order valence-electron chi connectivity index (χ4n) is 1.64. The highest BCUT2D eigenvalue weighted by atomic mass is 28.4. The molecule has 0 radical (unpaired) electrons. The molecule has 1 atom stereocenters. The van der Waals surface area contributed by atoms with Gasteiger partial charge in [0.05, 0.1) is 0 Å². The van der Waals surface area contributed by atoms with Gasteiger partial charge in [0.25, 0.3) is 0 Å². The topological polar surface area (TPSA) is 9.23 Å². The lowest BCUT2D eigenvalue weighted by atomic mass is 10.3. The minimum absolute atomic E-state index is 0.937. The summed E-state index contributed by atoms with van der Waals surface area (Å²) < 4.78 is 5.96. The van der Waals surface area contributed by atoms with Crippen LogP contribution in [0, 0.1) is 0 Å². The summed E-state index contributed by atoms with van der Waals surface area (Å²) in [6, 6.07) is 10.2. The standard InChI is InChI=1S/C11H20OSi2/c1-13(10-14(2,3)4)12-11-8-6-5-7-9-11/h5-9,13H,10H2,1-4H3. The summed E-state index contributed by atoms with van der Waals surface area (Å²) in [7, 11) is -1.93. The average molecular weight is 224 g/mol. The summed E-state index contributed by atoms with van der Waals surface area (Å²) in [5, 5.41) is 0. The predicted octanol–water partition coefficient (Wildman–Crippen LogP) is 3.30. The first-order valence-electron chi connectivity index (χ1n) is 5.19. The maximum atomic E-state index is 5.96. The summed E-state index contributed by atoms with van der Waals surface area (Å²) in [5.41, 5.74) is 1.35. The average Bonchev–Trinajstić information content (AvgIpc) is 2.02. The number of benzene rings is 1. The molecule has 1 unspecified atom stereocenters. The highest BCUT2D eigenvalue weighted by Crippen LogP contribution is 2.15. The minimum atomic E-state index is -0.992. The molecule has 0 spiro atoms. The van der Waals surface area contributed by atoms with E-state index in [4.69, 9.17) is 4.43 Å². The second-order valence-electron chi connectivity index (χ2n) is 5.01. The molecule has 0 amide bonds. The Morgan fingerprint density at radius 3 is 2.21 bits per heavy atom. The fraction of sp³-hybridized carbons (Fsp3) is 0.455. The molecule has 0 aromatic heterocycles. The summed E-state index contributed by atoms with van der Waals surface area (Å²) >= 11 is 0. The van der Waals surface area contributed by atoms with Gasteiger partial charge in [0.15, 0.2) is 0 Å². The van der Waals surface area contributed by atoms with Crippen LogP contribution < -0.4 is 4.43 Å². The van der Waals surface area contributed by atoms with Gasteiger partial charge in [-0.05, 0) is 24.3 Å². The van der Waals surface area contributed by atoms with Crippen LogP contribution >= 0.6 is 0 Å². The Labute approximate surface area is 89.9 Å². The summed E-state index contributed by atoms with van der Waals surface area (Å²) in [6.07, 6.45) is 0. The van der Waals surface area contributed by atoms with Crippen LogP contribution in [0.2, 0.25) is 31.9 Å². The first kappa shape index (κ1) is 11.5. The van der Waals surface area contributed by atoms with Crippen molar-refractivity contribution in [3.63, 3.8) is 0 Å². The van der Waals surface area contributed by atoms with Crippen molar-refractivity contribution >= 4 is 17.1 Å². The molecule has 0 aliphatic rings. The van der Waals surface area contributed by atoms with E-state index in [1.807, 2.05) is 30.3 Å². The molecule has 0 N–H and O–H groups in total. The highest BCUT2D eigenvalue weighted by molar-refractivity contribution is 6.85. The SMILES string of the molecule is C[SiH](C[Si](C)(C)C)Oc1ccccc1. The van der Waals surface area contributed by atoms with Gasteiger partial charge in [0.2, 0.25) is 9.04 Å². The van der Waals surface area contributed by atoms with Crippen molar-refractivity contribution in [3.8, 4) is 5.75 Å². The van der Waals surface area contributed by atoms with Crippen LogP contribution in [0.15, 0.2) is 30.3 Å². The van der Waals surface area contributed by atoms with Crippen molar-refractivity contribution in [2.45, 2.75) is 31.9 Å². The first-order valence-corrected chi connectivity index (χ1v) is 11.3. The normalized spacial score (nSPS) is 13.7. The zero-order valence-electron chi connectivity index (χ0n) is 9.58. The largest absolute Gasteiger partial charge is 0.547 e. The van der Waals surface area contributed by atoms with Gasteiger partial charge < -0.3 is 4.43 Å². The Bertz CT molecular complexity index is 266. The van der Waals surface area contributed by atoms with E-state index in [-0.39, 0.29) is 0 Å². The number of para-hydroxylation sites is 1. The van der Waals surface area contributed by atoms with Gasteiger partial charge in [-0.25, -0.2) is 0 Å². The third-order valence-electron chi connectivity index (χ3n) is 1.98. The smallest absolute Gasteiger partial charge is 0.229 e. The van der Waals surface area contributed by atoms with Crippen LogP contribution in [0.1, 0.15) is 0 Å². The molecule has 1 nitrogen and oxygen atoms in total. The van der Waals surface area contributed by atoms with E-state index in [9.17, 15) is 0 Å². The molecular formula is C11H20OSi2. The van der Waals surface area contributed by atoms with Crippen molar-refractivity contribution in [1.82, 2.24) is 0 Å². The second kappa shape index (κ2) is 4.80. The molecular weight excluding hydrogens is 204 g/mol. The van der Waals surface area contributed by atoms with E-state index in [0.29, 0.717) is 0 Å². The van der Waals surface area contributed by atoms with Crippen molar-refractivity contribution < 1.29 is 4.43 Å². The van der Waals surface area contributed by atoms with Crippen LogP contribution in [0.3, 0.4) is 0 Å². The minimum Gasteiger partial charge on any atom is -0.547 e. The molecule has 1 aromatic rings. The van der Waals surface area contributed by atoms with Gasteiger partial charge in [-0.2, -0.15) is 0 Å². The van der Waals surface area contributed by atoms with Crippen LogP contribution in [0.5, 0.6) is 5.75 Å². The van der Waals surface area contributed by atoms with Crippen molar-refractivity contribution in [1.29, 1.82) is 0 Å². The highest BCUT2D eigenvalue weighted by Gasteiger charge is 2.19. The Kier molecular flexibility index (Phi) is 3.95. The molecule has 0 bridgehead atoms. The van der Waals surface area contributed by atoms with Crippen molar-refractivity contribution in [2.75, 3.05) is 0 Å². The Morgan fingerprint density at radius 1 is 1.14 bits per heavy atom. The van der Waals surface area contributed by atoms with Crippen LogP contribution in [0.4, 0.5) is 0 Å². The third kappa shape index (κ3) is 4.62. The Balaban J connectivity index is 2.46. The molecule has 0 saturated carbocycles. The quantitative estimate of drug-likeness (QED) is 0.713. The van der Waals surface area contributed by atoms with E-state index in [0.717, 1.165) is 5.75 Å². The van der Waals surface area contributed by atoms with Gasteiger partial charge in [-0.3, -0.25) is 0 Å². The molecule has 0 aliphatic carbocycles. The Morgan fingerprint density at radius 2 is 1.71 bits per heavy atom. The van der Waals surface area contributed by atoms with Crippen LogP contribution in [-0.2, 0) is 0 Å². The molecule has 14 heavy (non-hydrogen) atoms. The fourth-order valence-corrected chi connectivity index (χ4v) is 9.49. The van der Waals surface area contributed by atoms with Gasteiger partial charge in [-0.1, -0.05) is 37.8 Å². The third-order valence-corrected chi connectivity index (χ3v) is 9.85. The molecule has 1 aromatic carbocycles. The predicted molar refractivity (Wildman–Crippen MR) is 68.2 cm³/mol. The van der Waals surface area contributed by atoms with Crippen molar-refractivity contribution in [3.05, 3.63) is 30.3 Å². The number of rotatable bonds is 4. The number of hydrogen-bond donors (Lipinski definition) is 0. The molecule has 0 fully saturated rings. The van der Waals surface area contributed by atoms with E-state index in [2.05, 4.69) is 26.2 Å². The second-order valence-corrected chi connectivity index (χ2v) is 13.6. The molecule has 1 rings (SSSR count). The van der Waals surface area contributed by atoms with Gasteiger partial charge in [0.1, 0.15) is 5.75 Å². The zero-order valence-corrected chi connectivity index (χ0v) is 11.7.